The van der Waals surface area contributed by atoms with E-state index in [1.165, 1.54) is 22.2 Å². The molecular formula is C18H15N3O5S. The average Bonchev–Trinajstić information content (AvgIpc) is 3.16. The number of imide groups is 1. The van der Waals surface area contributed by atoms with Crippen molar-refractivity contribution in [3.8, 4) is 0 Å². The Labute approximate surface area is 157 Å². The highest BCUT2D eigenvalue weighted by Crippen LogP contribution is 2.13. The number of carbonyl (C=O) groups is 3. The van der Waals surface area contributed by atoms with Crippen LogP contribution in [0.3, 0.4) is 0 Å². The third-order valence-corrected chi connectivity index (χ3v) is 4.48. The molecule has 3 aromatic rings. The predicted molar refractivity (Wildman–Crippen MR) is 98.4 cm³/mol. The highest BCUT2D eigenvalue weighted by Gasteiger charge is 2.13. The van der Waals surface area contributed by atoms with Crippen LogP contribution in [0.5, 0.6) is 0 Å². The van der Waals surface area contributed by atoms with Crippen LogP contribution in [-0.2, 0) is 20.9 Å². The van der Waals surface area contributed by atoms with Gasteiger partial charge in [0.1, 0.15) is 4.83 Å². The van der Waals surface area contributed by atoms with Gasteiger partial charge in [-0.15, -0.1) is 11.3 Å². The number of thiophene rings is 1. The zero-order chi connectivity index (χ0) is 19.2. The molecule has 8 nitrogen and oxygen atoms in total. The molecule has 0 saturated heterocycles. The van der Waals surface area contributed by atoms with E-state index in [0.29, 0.717) is 15.8 Å². The molecule has 0 saturated carbocycles. The van der Waals surface area contributed by atoms with Gasteiger partial charge in [-0.2, -0.15) is 0 Å². The number of aryl methyl sites for hydroxylation is 1. The molecule has 0 spiro atoms. The highest BCUT2D eigenvalue weighted by molar-refractivity contribution is 7.16. The van der Waals surface area contributed by atoms with E-state index in [1.54, 1.807) is 41.8 Å². The molecule has 0 aliphatic heterocycles. The van der Waals surface area contributed by atoms with Crippen molar-refractivity contribution in [3.05, 3.63) is 64.0 Å². The van der Waals surface area contributed by atoms with Crippen LogP contribution in [0.2, 0.25) is 0 Å². The van der Waals surface area contributed by atoms with Gasteiger partial charge in [0.05, 0.1) is 18.1 Å². The number of benzene rings is 1. The van der Waals surface area contributed by atoms with E-state index in [-0.39, 0.29) is 18.5 Å². The summed E-state index contributed by atoms with van der Waals surface area (Å²) in [6, 6.07) is 9.89. The number of hydrogen-bond donors (Lipinski definition) is 1. The van der Waals surface area contributed by atoms with E-state index in [4.69, 9.17) is 4.74 Å². The molecule has 2 aromatic heterocycles. The average molecular weight is 385 g/mol. The highest BCUT2D eigenvalue weighted by atomic mass is 32.1. The Hall–Kier alpha value is -3.33. The summed E-state index contributed by atoms with van der Waals surface area (Å²) in [7, 11) is 0. The molecular weight excluding hydrogens is 370 g/mol. The summed E-state index contributed by atoms with van der Waals surface area (Å²) in [6.07, 6.45) is 1.27. The Bertz CT molecular complexity index is 1040. The molecule has 0 bridgehead atoms. The number of esters is 1. The number of carbonyl (C=O) groups excluding carboxylic acids is 3. The van der Waals surface area contributed by atoms with Crippen molar-refractivity contribution in [2.75, 3.05) is 6.61 Å². The van der Waals surface area contributed by atoms with Crippen LogP contribution in [0, 0.1) is 0 Å². The standard InChI is InChI=1S/C18H15N3O5S/c22-14(20-16(24)12-4-2-1-3-5-12)10-26-15(23)6-8-21-11-19-17-13(18(21)25)7-9-27-17/h1-5,7,9,11H,6,8,10H2,(H,20,22,24). The lowest BCUT2D eigenvalue weighted by molar-refractivity contribution is -0.148. The van der Waals surface area contributed by atoms with Crippen molar-refractivity contribution in [1.29, 1.82) is 0 Å². The molecule has 0 fully saturated rings. The Morgan fingerprint density at radius 3 is 2.70 bits per heavy atom. The van der Waals surface area contributed by atoms with Crippen molar-refractivity contribution in [2.24, 2.45) is 0 Å². The van der Waals surface area contributed by atoms with E-state index >= 15 is 0 Å². The van der Waals surface area contributed by atoms with Crippen molar-refractivity contribution in [3.63, 3.8) is 0 Å². The Balaban J connectivity index is 1.46. The number of nitrogens with zero attached hydrogens (tertiary/aromatic N) is 2. The minimum atomic E-state index is -0.726. The van der Waals surface area contributed by atoms with E-state index in [2.05, 4.69) is 10.3 Å². The topological polar surface area (TPSA) is 107 Å². The van der Waals surface area contributed by atoms with Gasteiger partial charge >= 0.3 is 5.97 Å². The maximum atomic E-state index is 12.2. The molecule has 0 aliphatic carbocycles. The number of rotatable bonds is 6. The number of fused-ring (bicyclic) bond motifs is 1. The predicted octanol–water partition coefficient (Wildman–Crippen LogP) is 1.35. The quantitative estimate of drug-likeness (QED) is 0.642. The van der Waals surface area contributed by atoms with Gasteiger partial charge in [-0.1, -0.05) is 18.2 Å². The molecule has 0 unspecified atom stereocenters. The lowest BCUT2D eigenvalue weighted by Gasteiger charge is -2.07. The molecule has 27 heavy (non-hydrogen) atoms. The van der Waals surface area contributed by atoms with Crippen molar-refractivity contribution in [1.82, 2.24) is 14.9 Å². The lowest BCUT2D eigenvalue weighted by atomic mass is 10.2. The van der Waals surface area contributed by atoms with E-state index in [9.17, 15) is 19.2 Å². The minimum Gasteiger partial charge on any atom is -0.456 e. The fraction of sp³-hybridized carbons (Fsp3) is 0.167. The monoisotopic (exact) mass is 385 g/mol. The zero-order valence-electron chi connectivity index (χ0n) is 14.1. The first-order chi connectivity index (χ1) is 13.0. The smallest absolute Gasteiger partial charge is 0.308 e. The Morgan fingerprint density at radius 1 is 1.15 bits per heavy atom. The largest absolute Gasteiger partial charge is 0.456 e. The second kappa shape index (κ2) is 8.37. The Morgan fingerprint density at radius 2 is 1.93 bits per heavy atom. The van der Waals surface area contributed by atoms with Crippen LogP contribution in [-0.4, -0.2) is 33.9 Å². The third kappa shape index (κ3) is 4.64. The minimum absolute atomic E-state index is 0.0843. The van der Waals surface area contributed by atoms with Crippen molar-refractivity contribution < 1.29 is 19.1 Å². The number of ether oxygens (including phenoxy) is 1. The second-order valence-corrected chi connectivity index (χ2v) is 6.43. The number of nitrogens with one attached hydrogen (secondary N) is 1. The van der Waals surface area contributed by atoms with E-state index in [0.717, 1.165) is 0 Å². The maximum absolute atomic E-state index is 12.2. The van der Waals surface area contributed by atoms with Crippen LogP contribution >= 0.6 is 11.3 Å². The molecule has 2 amide bonds. The SMILES string of the molecule is O=C(COC(=O)CCn1cnc2sccc2c1=O)NC(=O)c1ccccc1. The molecule has 3 rings (SSSR count). The van der Waals surface area contributed by atoms with Crippen LogP contribution in [0.1, 0.15) is 16.8 Å². The van der Waals surface area contributed by atoms with Gasteiger partial charge in [0, 0.05) is 12.1 Å². The zero-order valence-corrected chi connectivity index (χ0v) is 14.9. The normalized spacial score (nSPS) is 10.5. The summed E-state index contributed by atoms with van der Waals surface area (Å²) in [5.41, 5.74) is 0.0909. The first-order valence-corrected chi connectivity index (χ1v) is 8.90. The molecule has 0 radical (unpaired) electrons. The number of hydrogen-bond acceptors (Lipinski definition) is 7. The first-order valence-electron chi connectivity index (χ1n) is 8.02. The van der Waals surface area contributed by atoms with Gasteiger partial charge in [0.25, 0.3) is 17.4 Å². The fourth-order valence-corrected chi connectivity index (χ4v) is 3.03. The summed E-state index contributed by atoms with van der Waals surface area (Å²) in [5.74, 6) is -1.95. The molecule has 0 aliphatic rings. The van der Waals surface area contributed by atoms with Crippen LogP contribution in [0.25, 0.3) is 10.2 Å². The second-order valence-electron chi connectivity index (χ2n) is 5.54. The van der Waals surface area contributed by atoms with Crippen molar-refractivity contribution >= 4 is 39.3 Å². The van der Waals surface area contributed by atoms with Crippen LogP contribution in [0.15, 0.2) is 52.9 Å². The van der Waals surface area contributed by atoms with E-state index < -0.39 is 24.4 Å². The molecule has 2 heterocycles. The maximum Gasteiger partial charge on any atom is 0.308 e. The van der Waals surface area contributed by atoms with Crippen molar-refractivity contribution in [2.45, 2.75) is 13.0 Å². The summed E-state index contributed by atoms with van der Waals surface area (Å²) in [5, 5.41) is 4.40. The number of aromatic nitrogens is 2. The van der Waals surface area contributed by atoms with E-state index in [1.807, 2.05) is 0 Å². The summed E-state index contributed by atoms with van der Waals surface area (Å²) >= 11 is 1.36. The van der Waals surface area contributed by atoms with Crippen LogP contribution < -0.4 is 10.9 Å². The molecule has 1 aromatic carbocycles. The summed E-state index contributed by atoms with van der Waals surface area (Å²) in [6.45, 7) is -0.491. The van der Waals surface area contributed by atoms with Gasteiger partial charge in [0.2, 0.25) is 0 Å². The molecule has 9 heteroatoms. The van der Waals surface area contributed by atoms with Gasteiger partial charge in [0.15, 0.2) is 6.61 Å². The van der Waals surface area contributed by atoms with Gasteiger partial charge in [-0.05, 0) is 23.6 Å². The fourth-order valence-electron chi connectivity index (χ4n) is 2.31. The lowest BCUT2D eigenvalue weighted by Crippen LogP contribution is -2.34. The number of amides is 2. The molecule has 0 atom stereocenters. The molecule has 1 N–H and O–H groups in total. The van der Waals surface area contributed by atoms with Gasteiger partial charge < -0.3 is 4.74 Å². The summed E-state index contributed by atoms with van der Waals surface area (Å²) in [4.78, 5) is 52.3. The Kier molecular flexibility index (Phi) is 5.72. The van der Waals surface area contributed by atoms with Gasteiger partial charge in [-0.3, -0.25) is 29.1 Å². The molecule has 138 valence electrons. The van der Waals surface area contributed by atoms with Crippen LogP contribution in [0.4, 0.5) is 0 Å². The third-order valence-electron chi connectivity index (χ3n) is 3.66. The summed E-state index contributed by atoms with van der Waals surface area (Å²) < 4.78 is 6.15. The first kappa shape index (κ1) is 18.5. The van der Waals surface area contributed by atoms with Gasteiger partial charge in [-0.25, -0.2) is 4.98 Å².